The second kappa shape index (κ2) is 6.73. The molecule has 0 radical (unpaired) electrons. The first-order valence-corrected chi connectivity index (χ1v) is 9.37. The summed E-state index contributed by atoms with van der Waals surface area (Å²) in [6.07, 6.45) is 5.11. The van der Waals surface area contributed by atoms with Crippen LogP contribution in [0.25, 0.3) is 0 Å². The molecule has 1 amide bonds. The Morgan fingerprint density at radius 3 is 2.78 bits per heavy atom. The molecule has 1 aliphatic carbocycles. The normalized spacial score (nSPS) is 29.4. The molecule has 128 valence electrons. The Labute approximate surface area is 142 Å². The van der Waals surface area contributed by atoms with E-state index >= 15 is 0 Å². The summed E-state index contributed by atoms with van der Waals surface area (Å²) in [5.41, 5.74) is 6.07. The van der Waals surface area contributed by atoms with Crippen molar-refractivity contribution < 1.29 is 4.79 Å². The van der Waals surface area contributed by atoms with Gasteiger partial charge in [0.15, 0.2) is 0 Å². The molecule has 2 heterocycles. The number of amides is 1. The van der Waals surface area contributed by atoms with Gasteiger partial charge in [-0.15, -0.1) is 0 Å². The number of carbonyl (C=O) groups excluding carboxylic acids is 1. The SMILES string of the molecule is Cc1nsc(N2CCCN(C(=O)C3CCCCC3(C)N)CC2)n1. The average molecular weight is 337 g/mol. The van der Waals surface area contributed by atoms with Gasteiger partial charge in [0, 0.05) is 43.3 Å². The van der Waals surface area contributed by atoms with Crippen LogP contribution in [0, 0.1) is 12.8 Å². The van der Waals surface area contributed by atoms with Crippen LogP contribution in [0.5, 0.6) is 0 Å². The predicted octanol–water partition coefficient (Wildman–Crippen LogP) is 1.79. The Hall–Kier alpha value is -1.21. The quantitative estimate of drug-likeness (QED) is 0.890. The van der Waals surface area contributed by atoms with E-state index in [1.54, 1.807) is 0 Å². The molecule has 7 heteroatoms. The summed E-state index contributed by atoms with van der Waals surface area (Å²) >= 11 is 1.44. The second-order valence-electron chi connectivity index (χ2n) is 7.09. The Morgan fingerprint density at radius 2 is 2.09 bits per heavy atom. The number of nitrogens with zero attached hydrogens (tertiary/aromatic N) is 4. The lowest BCUT2D eigenvalue weighted by Crippen LogP contribution is -2.54. The van der Waals surface area contributed by atoms with Crippen molar-refractivity contribution in [3.05, 3.63) is 5.82 Å². The number of carbonyl (C=O) groups is 1. The van der Waals surface area contributed by atoms with Crippen LogP contribution in [-0.2, 0) is 4.79 Å². The van der Waals surface area contributed by atoms with E-state index in [0.29, 0.717) is 0 Å². The van der Waals surface area contributed by atoms with Crippen LogP contribution >= 0.6 is 11.5 Å². The van der Waals surface area contributed by atoms with Crippen molar-refractivity contribution in [1.82, 2.24) is 14.3 Å². The summed E-state index contributed by atoms with van der Waals surface area (Å²) in [7, 11) is 0. The number of aryl methyl sites for hydroxylation is 1. The lowest BCUT2D eigenvalue weighted by atomic mass is 9.74. The molecule has 2 N–H and O–H groups in total. The fourth-order valence-electron chi connectivity index (χ4n) is 3.73. The van der Waals surface area contributed by atoms with Crippen LogP contribution < -0.4 is 10.6 Å². The highest BCUT2D eigenvalue weighted by molar-refractivity contribution is 7.09. The van der Waals surface area contributed by atoms with Crippen molar-refractivity contribution >= 4 is 22.6 Å². The maximum atomic E-state index is 13.0. The zero-order valence-electron chi connectivity index (χ0n) is 14.1. The Kier molecular flexibility index (Phi) is 4.87. The monoisotopic (exact) mass is 337 g/mol. The van der Waals surface area contributed by atoms with Crippen molar-refractivity contribution in [3.8, 4) is 0 Å². The van der Waals surface area contributed by atoms with Gasteiger partial charge in [-0.3, -0.25) is 4.79 Å². The van der Waals surface area contributed by atoms with E-state index in [1.165, 1.54) is 11.5 Å². The van der Waals surface area contributed by atoms with Gasteiger partial charge in [-0.25, -0.2) is 4.98 Å². The Balaban J connectivity index is 1.64. The van der Waals surface area contributed by atoms with E-state index in [9.17, 15) is 4.79 Å². The standard InChI is InChI=1S/C16H27N5OS/c1-12-18-15(23-19-12)21-9-5-8-20(10-11-21)14(22)13-6-3-4-7-16(13,2)17/h13H,3-11,17H2,1-2H3. The van der Waals surface area contributed by atoms with Gasteiger partial charge in [-0.2, -0.15) is 4.37 Å². The molecule has 1 aromatic heterocycles. The van der Waals surface area contributed by atoms with Crippen LogP contribution in [0.15, 0.2) is 0 Å². The number of nitrogens with two attached hydrogens (primary N) is 1. The third kappa shape index (κ3) is 3.66. The van der Waals surface area contributed by atoms with E-state index in [4.69, 9.17) is 5.73 Å². The van der Waals surface area contributed by atoms with E-state index in [1.807, 2.05) is 18.7 Å². The molecular weight excluding hydrogens is 310 g/mol. The van der Waals surface area contributed by atoms with Crippen molar-refractivity contribution in [2.75, 3.05) is 31.1 Å². The third-order valence-electron chi connectivity index (χ3n) is 5.15. The summed E-state index contributed by atoms with van der Waals surface area (Å²) in [5.74, 6) is 1.06. The van der Waals surface area contributed by atoms with Crippen LogP contribution in [0.4, 0.5) is 5.13 Å². The molecule has 2 fully saturated rings. The maximum absolute atomic E-state index is 13.0. The van der Waals surface area contributed by atoms with E-state index < -0.39 is 0 Å². The van der Waals surface area contributed by atoms with Gasteiger partial charge in [-0.05, 0) is 33.1 Å². The number of aromatic nitrogens is 2. The number of hydrogen-bond donors (Lipinski definition) is 1. The van der Waals surface area contributed by atoms with Gasteiger partial charge < -0.3 is 15.5 Å². The van der Waals surface area contributed by atoms with Gasteiger partial charge in [0.1, 0.15) is 5.82 Å². The molecule has 2 aliphatic rings. The van der Waals surface area contributed by atoms with Crippen molar-refractivity contribution in [2.24, 2.45) is 11.7 Å². The van der Waals surface area contributed by atoms with Crippen LogP contribution in [0.2, 0.25) is 0 Å². The average Bonchev–Trinajstić information content (AvgIpc) is 2.80. The first-order valence-electron chi connectivity index (χ1n) is 8.60. The summed E-state index contributed by atoms with van der Waals surface area (Å²) < 4.78 is 4.26. The van der Waals surface area contributed by atoms with Gasteiger partial charge in [0.25, 0.3) is 0 Å². The molecule has 0 aromatic carbocycles. The molecule has 6 nitrogen and oxygen atoms in total. The molecular formula is C16H27N5OS. The van der Waals surface area contributed by atoms with Gasteiger partial charge in [-0.1, -0.05) is 12.8 Å². The first kappa shape index (κ1) is 16.6. The summed E-state index contributed by atoms with van der Waals surface area (Å²) in [4.78, 5) is 21.7. The molecule has 2 unspecified atom stereocenters. The molecule has 3 rings (SSSR count). The predicted molar refractivity (Wildman–Crippen MR) is 92.6 cm³/mol. The van der Waals surface area contributed by atoms with E-state index in [0.717, 1.165) is 69.2 Å². The summed E-state index contributed by atoms with van der Waals surface area (Å²) in [5, 5.41) is 0.970. The maximum Gasteiger partial charge on any atom is 0.227 e. The van der Waals surface area contributed by atoms with Crippen molar-refractivity contribution in [3.63, 3.8) is 0 Å². The number of rotatable bonds is 2. The van der Waals surface area contributed by atoms with Gasteiger partial charge in [0.2, 0.25) is 11.0 Å². The Morgan fingerprint density at radius 1 is 1.26 bits per heavy atom. The minimum atomic E-state index is -0.350. The van der Waals surface area contributed by atoms with Gasteiger partial charge >= 0.3 is 0 Å². The zero-order valence-corrected chi connectivity index (χ0v) is 14.9. The number of anilines is 1. The molecule has 1 saturated heterocycles. The lowest BCUT2D eigenvalue weighted by Gasteiger charge is -2.39. The minimum absolute atomic E-state index is 0.0217. The zero-order chi connectivity index (χ0) is 16.4. The molecule has 23 heavy (non-hydrogen) atoms. The molecule has 1 aliphatic heterocycles. The second-order valence-corrected chi connectivity index (χ2v) is 7.82. The summed E-state index contributed by atoms with van der Waals surface area (Å²) in [6.45, 7) is 7.29. The van der Waals surface area contributed by atoms with Crippen LogP contribution in [-0.4, -0.2) is 51.9 Å². The van der Waals surface area contributed by atoms with E-state index in [-0.39, 0.29) is 17.4 Å². The van der Waals surface area contributed by atoms with Crippen molar-refractivity contribution in [1.29, 1.82) is 0 Å². The highest BCUT2D eigenvalue weighted by atomic mass is 32.1. The third-order valence-corrected chi connectivity index (χ3v) is 6.02. The summed E-state index contributed by atoms with van der Waals surface area (Å²) in [6, 6.07) is 0. The highest BCUT2D eigenvalue weighted by Gasteiger charge is 2.40. The molecule has 0 spiro atoms. The fraction of sp³-hybridized carbons (Fsp3) is 0.812. The molecule has 0 bridgehead atoms. The fourth-order valence-corrected chi connectivity index (χ4v) is 4.45. The highest BCUT2D eigenvalue weighted by Crippen LogP contribution is 2.33. The smallest absolute Gasteiger partial charge is 0.227 e. The minimum Gasteiger partial charge on any atom is -0.345 e. The first-order chi connectivity index (χ1) is 11.0. The molecule has 2 atom stereocenters. The van der Waals surface area contributed by atoms with Crippen molar-refractivity contribution in [2.45, 2.75) is 51.5 Å². The molecule has 1 aromatic rings. The lowest BCUT2D eigenvalue weighted by molar-refractivity contribution is -0.138. The van der Waals surface area contributed by atoms with E-state index in [2.05, 4.69) is 14.3 Å². The number of hydrogen-bond acceptors (Lipinski definition) is 6. The van der Waals surface area contributed by atoms with Crippen LogP contribution in [0.1, 0.15) is 44.9 Å². The Bertz CT molecular complexity index is 558. The molecule has 1 saturated carbocycles. The topological polar surface area (TPSA) is 75.4 Å². The van der Waals surface area contributed by atoms with Gasteiger partial charge in [0.05, 0.1) is 5.92 Å². The van der Waals surface area contributed by atoms with Crippen LogP contribution in [0.3, 0.4) is 0 Å². The largest absolute Gasteiger partial charge is 0.345 e.